The smallest absolute Gasteiger partial charge is 0.255 e. The number of methoxy groups -OCH3 is 3. The highest BCUT2D eigenvalue weighted by molar-refractivity contribution is 6.05. The van der Waals surface area contributed by atoms with Crippen LogP contribution in [0.1, 0.15) is 29.8 Å². The molecule has 2 rings (SSSR count). The van der Waals surface area contributed by atoms with Gasteiger partial charge >= 0.3 is 0 Å². The predicted octanol–water partition coefficient (Wildman–Crippen LogP) is 3.77. The lowest BCUT2D eigenvalue weighted by Crippen LogP contribution is -2.16. The van der Waals surface area contributed by atoms with Crippen molar-refractivity contribution in [1.82, 2.24) is 0 Å². The maximum Gasteiger partial charge on any atom is 0.255 e. The Labute approximate surface area is 153 Å². The molecule has 0 spiro atoms. The van der Waals surface area contributed by atoms with Crippen LogP contribution in [-0.2, 0) is 5.41 Å². The zero-order chi connectivity index (χ0) is 19.3. The molecule has 26 heavy (non-hydrogen) atoms. The number of anilines is 1. The fourth-order valence-electron chi connectivity index (χ4n) is 2.42. The first-order valence-corrected chi connectivity index (χ1v) is 7.99. The monoisotopic (exact) mass is 354 g/mol. The molecule has 0 aliphatic carbocycles. The van der Waals surface area contributed by atoms with Crippen LogP contribution < -0.4 is 19.5 Å². The van der Waals surface area contributed by atoms with Crippen LogP contribution >= 0.6 is 0 Å². The number of benzene rings is 2. The summed E-state index contributed by atoms with van der Waals surface area (Å²) >= 11 is 0. The minimum Gasteiger partial charge on any atom is -0.495 e. The maximum atomic E-state index is 12.6. The largest absolute Gasteiger partial charge is 0.495 e. The third kappa shape index (κ3) is 3.89. The van der Waals surface area contributed by atoms with E-state index in [-0.39, 0.29) is 5.91 Å². The van der Waals surface area contributed by atoms with Crippen molar-refractivity contribution >= 4 is 11.6 Å². The number of rotatable bonds is 6. The Kier molecular flexibility index (Phi) is 5.73. The van der Waals surface area contributed by atoms with E-state index < -0.39 is 5.41 Å². The molecule has 136 valence electrons. The molecule has 0 atom stereocenters. The average molecular weight is 354 g/mol. The Morgan fingerprint density at radius 1 is 0.962 bits per heavy atom. The number of hydrogen-bond acceptors (Lipinski definition) is 5. The molecular formula is C20H22N2O4. The van der Waals surface area contributed by atoms with Crippen molar-refractivity contribution in [3.8, 4) is 23.3 Å². The minimum atomic E-state index is -0.654. The lowest BCUT2D eigenvalue weighted by atomic mass is 9.86. The Morgan fingerprint density at radius 3 is 2.19 bits per heavy atom. The molecule has 6 heteroatoms. The maximum absolute atomic E-state index is 12.6. The molecular weight excluding hydrogens is 332 g/mol. The fourth-order valence-corrected chi connectivity index (χ4v) is 2.42. The van der Waals surface area contributed by atoms with Gasteiger partial charge in [-0.3, -0.25) is 4.79 Å². The number of carbonyl (C=O) groups excluding carboxylic acids is 1. The number of nitrogens with one attached hydrogen (secondary N) is 1. The van der Waals surface area contributed by atoms with Crippen LogP contribution in [0, 0.1) is 11.3 Å². The van der Waals surface area contributed by atoms with Gasteiger partial charge in [0, 0.05) is 5.56 Å². The Morgan fingerprint density at radius 2 is 1.62 bits per heavy atom. The first-order valence-electron chi connectivity index (χ1n) is 7.99. The van der Waals surface area contributed by atoms with Crippen LogP contribution in [0.25, 0.3) is 0 Å². The van der Waals surface area contributed by atoms with Gasteiger partial charge in [0.05, 0.1) is 38.5 Å². The summed E-state index contributed by atoms with van der Waals surface area (Å²) in [6.07, 6.45) is 0. The number of nitriles is 1. The van der Waals surface area contributed by atoms with Crippen LogP contribution in [0.15, 0.2) is 36.4 Å². The van der Waals surface area contributed by atoms with E-state index in [1.807, 2.05) is 13.8 Å². The quantitative estimate of drug-likeness (QED) is 0.854. The summed E-state index contributed by atoms with van der Waals surface area (Å²) in [4.78, 5) is 12.6. The molecule has 0 aromatic heterocycles. The number of nitrogens with zero attached hydrogens (tertiary/aromatic N) is 1. The summed E-state index contributed by atoms with van der Waals surface area (Å²) in [5.74, 6) is 1.19. The zero-order valence-electron chi connectivity index (χ0n) is 15.5. The van der Waals surface area contributed by atoms with E-state index in [0.29, 0.717) is 28.5 Å². The summed E-state index contributed by atoms with van der Waals surface area (Å²) in [6.45, 7) is 3.65. The van der Waals surface area contributed by atoms with E-state index >= 15 is 0 Å². The number of carbonyl (C=O) groups is 1. The van der Waals surface area contributed by atoms with E-state index in [1.54, 1.807) is 36.4 Å². The number of amides is 1. The van der Waals surface area contributed by atoms with Crippen LogP contribution in [0.5, 0.6) is 17.2 Å². The van der Waals surface area contributed by atoms with Crippen molar-refractivity contribution in [1.29, 1.82) is 5.26 Å². The van der Waals surface area contributed by atoms with Gasteiger partial charge in [0.2, 0.25) is 0 Å². The van der Waals surface area contributed by atoms with Crippen molar-refractivity contribution < 1.29 is 19.0 Å². The Bertz CT molecular complexity index is 853. The second-order valence-electron chi connectivity index (χ2n) is 6.18. The van der Waals surface area contributed by atoms with E-state index in [4.69, 9.17) is 14.2 Å². The van der Waals surface area contributed by atoms with E-state index in [2.05, 4.69) is 11.4 Å². The molecule has 2 aromatic carbocycles. The zero-order valence-corrected chi connectivity index (χ0v) is 15.5. The van der Waals surface area contributed by atoms with Crippen LogP contribution in [-0.4, -0.2) is 27.2 Å². The van der Waals surface area contributed by atoms with Gasteiger partial charge in [0.1, 0.15) is 5.75 Å². The topological polar surface area (TPSA) is 80.6 Å². The molecule has 0 radical (unpaired) electrons. The molecule has 2 aromatic rings. The summed E-state index contributed by atoms with van der Waals surface area (Å²) < 4.78 is 15.8. The third-order valence-electron chi connectivity index (χ3n) is 4.10. The van der Waals surface area contributed by atoms with Crippen molar-refractivity contribution in [2.45, 2.75) is 19.3 Å². The number of hydrogen-bond donors (Lipinski definition) is 1. The fraction of sp³-hybridized carbons (Fsp3) is 0.300. The molecule has 0 heterocycles. The van der Waals surface area contributed by atoms with Gasteiger partial charge < -0.3 is 19.5 Å². The first-order chi connectivity index (χ1) is 12.4. The molecule has 0 saturated heterocycles. The van der Waals surface area contributed by atoms with Gasteiger partial charge in [-0.2, -0.15) is 5.26 Å². The number of ether oxygens (including phenoxy) is 3. The van der Waals surface area contributed by atoms with Gasteiger partial charge in [0.15, 0.2) is 11.5 Å². The van der Waals surface area contributed by atoms with Crippen LogP contribution in [0.3, 0.4) is 0 Å². The lowest BCUT2D eigenvalue weighted by Gasteiger charge is -2.18. The Hall–Kier alpha value is -3.20. The van der Waals surface area contributed by atoms with E-state index in [1.165, 1.54) is 21.3 Å². The van der Waals surface area contributed by atoms with Crippen molar-refractivity contribution in [3.63, 3.8) is 0 Å². The summed E-state index contributed by atoms with van der Waals surface area (Å²) in [5, 5.41) is 12.1. The lowest BCUT2D eigenvalue weighted by molar-refractivity contribution is 0.102. The predicted molar refractivity (Wildman–Crippen MR) is 99.1 cm³/mol. The van der Waals surface area contributed by atoms with Gasteiger partial charge in [-0.15, -0.1) is 0 Å². The molecule has 0 aliphatic heterocycles. The van der Waals surface area contributed by atoms with E-state index in [9.17, 15) is 10.1 Å². The summed E-state index contributed by atoms with van der Waals surface area (Å²) in [5.41, 5.74) is 1.09. The van der Waals surface area contributed by atoms with Crippen molar-refractivity contribution in [2.75, 3.05) is 26.6 Å². The highest BCUT2D eigenvalue weighted by Crippen LogP contribution is 2.32. The molecule has 0 fully saturated rings. The molecule has 0 saturated carbocycles. The van der Waals surface area contributed by atoms with Crippen LogP contribution in [0.2, 0.25) is 0 Å². The molecule has 6 nitrogen and oxygen atoms in total. The molecule has 0 bridgehead atoms. The van der Waals surface area contributed by atoms with Gasteiger partial charge in [-0.1, -0.05) is 6.07 Å². The third-order valence-corrected chi connectivity index (χ3v) is 4.10. The summed E-state index contributed by atoms with van der Waals surface area (Å²) in [7, 11) is 4.57. The van der Waals surface area contributed by atoms with Gasteiger partial charge in [-0.05, 0) is 49.7 Å². The first kappa shape index (κ1) is 19.1. The molecule has 0 unspecified atom stereocenters. The highest BCUT2D eigenvalue weighted by Gasteiger charge is 2.22. The van der Waals surface area contributed by atoms with Gasteiger partial charge in [-0.25, -0.2) is 0 Å². The normalized spacial score (nSPS) is 10.6. The van der Waals surface area contributed by atoms with E-state index in [0.717, 1.165) is 5.56 Å². The molecule has 1 amide bonds. The molecule has 0 aliphatic rings. The van der Waals surface area contributed by atoms with Crippen LogP contribution in [0.4, 0.5) is 5.69 Å². The van der Waals surface area contributed by atoms with Crippen molar-refractivity contribution in [2.24, 2.45) is 0 Å². The summed E-state index contributed by atoms with van der Waals surface area (Å²) in [6, 6.07) is 12.5. The average Bonchev–Trinajstić information content (AvgIpc) is 2.67. The minimum absolute atomic E-state index is 0.309. The SMILES string of the molecule is COc1cc(C(C)(C)C#N)ccc1NC(=O)c1ccc(OC)c(OC)c1. The standard InChI is InChI=1S/C20H22N2O4/c1-20(2,12-21)14-7-8-15(17(11-14)25-4)22-19(23)13-6-9-16(24-3)18(10-13)26-5/h6-11H,1-5H3,(H,22,23). The second kappa shape index (κ2) is 7.79. The second-order valence-corrected chi connectivity index (χ2v) is 6.18. The van der Waals surface area contributed by atoms with Crippen molar-refractivity contribution in [3.05, 3.63) is 47.5 Å². The highest BCUT2D eigenvalue weighted by atomic mass is 16.5. The Balaban J connectivity index is 2.31. The molecule has 1 N–H and O–H groups in total. The van der Waals surface area contributed by atoms with Gasteiger partial charge in [0.25, 0.3) is 5.91 Å².